The van der Waals surface area contributed by atoms with E-state index in [0.29, 0.717) is 6.61 Å². The molecular weight excluding hydrogens is 236 g/mol. The fourth-order valence-electron chi connectivity index (χ4n) is 1.88. The number of rotatable bonds is 5. The van der Waals surface area contributed by atoms with Crippen molar-refractivity contribution in [1.82, 2.24) is 0 Å². The van der Waals surface area contributed by atoms with Gasteiger partial charge in [-0.3, -0.25) is 0 Å². The topological polar surface area (TPSA) is 29.5 Å². The fourth-order valence-corrected chi connectivity index (χ4v) is 1.88. The monoisotopic (exact) mass is 256 g/mol. The molecule has 0 aromatic heterocycles. The van der Waals surface area contributed by atoms with Gasteiger partial charge in [-0.15, -0.1) is 0 Å². The van der Waals surface area contributed by atoms with Crippen molar-refractivity contribution in [2.75, 3.05) is 0 Å². The molecule has 0 aliphatic rings. The molecule has 100 valence electrons. The molecule has 2 aromatic carbocycles. The summed E-state index contributed by atoms with van der Waals surface area (Å²) in [5.74, 6) is 0.823. The van der Waals surface area contributed by atoms with Crippen LogP contribution in [0.5, 0.6) is 5.75 Å². The molecule has 2 nitrogen and oxygen atoms in total. The van der Waals surface area contributed by atoms with Crippen LogP contribution in [0.4, 0.5) is 0 Å². The quantitative estimate of drug-likeness (QED) is 0.879. The summed E-state index contributed by atoms with van der Waals surface area (Å²) in [5, 5.41) is 9.43. The van der Waals surface area contributed by atoms with Crippen LogP contribution in [-0.4, -0.2) is 5.11 Å². The number of hydrogen-bond acceptors (Lipinski definition) is 2. The van der Waals surface area contributed by atoms with Crippen molar-refractivity contribution in [3.8, 4) is 5.75 Å². The zero-order valence-corrected chi connectivity index (χ0v) is 11.5. The van der Waals surface area contributed by atoms with E-state index in [4.69, 9.17) is 4.74 Å². The molecule has 0 radical (unpaired) electrons. The van der Waals surface area contributed by atoms with Gasteiger partial charge in [0.25, 0.3) is 0 Å². The highest BCUT2D eigenvalue weighted by molar-refractivity contribution is 5.29. The van der Waals surface area contributed by atoms with Gasteiger partial charge in [0.2, 0.25) is 0 Å². The molecule has 0 saturated heterocycles. The van der Waals surface area contributed by atoms with Gasteiger partial charge in [0.15, 0.2) is 0 Å². The molecule has 0 unspecified atom stereocenters. The zero-order chi connectivity index (χ0) is 13.7. The molecule has 2 heteroatoms. The van der Waals surface area contributed by atoms with E-state index in [-0.39, 0.29) is 0 Å². The highest BCUT2D eigenvalue weighted by Crippen LogP contribution is 2.18. The molecule has 0 bridgehead atoms. The smallest absolute Gasteiger partial charge is 0.119 e. The van der Waals surface area contributed by atoms with Gasteiger partial charge in [0.05, 0.1) is 6.10 Å². The second-order valence-electron chi connectivity index (χ2n) is 4.70. The summed E-state index contributed by atoms with van der Waals surface area (Å²) in [5.41, 5.74) is 3.40. The molecule has 2 aromatic rings. The van der Waals surface area contributed by atoms with E-state index in [2.05, 4.69) is 31.2 Å². The first-order valence-electron chi connectivity index (χ1n) is 6.67. The van der Waals surface area contributed by atoms with Crippen molar-refractivity contribution in [3.05, 3.63) is 65.2 Å². The van der Waals surface area contributed by atoms with E-state index in [1.54, 1.807) is 6.92 Å². The summed E-state index contributed by atoms with van der Waals surface area (Å²) >= 11 is 0. The number of hydrogen-bond donors (Lipinski definition) is 1. The Morgan fingerprint density at radius 1 is 0.947 bits per heavy atom. The summed E-state index contributed by atoms with van der Waals surface area (Å²) in [6, 6.07) is 16.0. The molecule has 1 atom stereocenters. The maximum absolute atomic E-state index is 9.43. The van der Waals surface area contributed by atoms with Gasteiger partial charge >= 0.3 is 0 Å². The number of benzene rings is 2. The zero-order valence-electron chi connectivity index (χ0n) is 11.5. The molecular formula is C17H20O2. The Bertz CT molecular complexity index is 498. The van der Waals surface area contributed by atoms with Crippen molar-refractivity contribution in [2.45, 2.75) is 33.0 Å². The molecule has 19 heavy (non-hydrogen) atoms. The van der Waals surface area contributed by atoms with Crippen LogP contribution in [0.2, 0.25) is 0 Å². The molecule has 0 aliphatic carbocycles. The second-order valence-corrected chi connectivity index (χ2v) is 4.70. The average molecular weight is 256 g/mol. The Hall–Kier alpha value is -1.80. The molecule has 1 N–H and O–H groups in total. The van der Waals surface area contributed by atoms with Gasteiger partial charge in [0.1, 0.15) is 12.4 Å². The maximum Gasteiger partial charge on any atom is 0.119 e. The third kappa shape index (κ3) is 3.83. The van der Waals surface area contributed by atoms with E-state index in [1.807, 2.05) is 24.3 Å². The van der Waals surface area contributed by atoms with Crippen molar-refractivity contribution >= 4 is 0 Å². The summed E-state index contributed by atoms with van der Waals surface area (Å²) in [7, 11) is 0. The minimum absolute atomic E-state index is 0.435. The summed E-state index contributed by atoms with van der Waals surface area (Å²) in [6.07, 6.45) is 0.623. The van der Waals surface area contributed by atoms with Gasteiger partial charge in [-0.05, 0) is 42.2 Å². The average Bonchev–Trinajstić information content (AvgIpc) is 2.46. The maximum atomic E-state index is 9.43. The van der Waals surface area contributed by atoms with Crippen LogP contribution < -0.4 is 4.74 Å². The van der Waals surface area contributed by atoms with Crippen LogP contribution >= 0.6 is 0 Å². The first-order valence-corrected chi connectivity index (χ1v) is 6.67. The number of aliphatic hydroxyl groups is 1. The van der Waals surface area contributed by atoms with Gasteiger partial charge in [-0.1, -0.05) is 43.3 Å². The highest BCUT2D eigenvalue weighted by atomic mass is 16.5. The Kier molecular flexibility index (Phi) is 4.58. The van der Waals surface area contributed by atoms with E-state index >= 15 is 0 Å². The lowest BCUT2D eigenvalue weighted by Crippen LogP contribution is -1.96. The Morgan fingerprint density at radius 3 is 2.05 bits per heavy atom. The Balaban J connectivity index is 1.94. The third-order valence-corrected chi connectivity index (χ3v) is 3.20. The van der Waals surface area contributed by atoms with Crippen LogP contribution in [0.3, 0.4) is 0 Å². The summed E-state index contributed by atoms with van der Waals surface area (Å²) in [4.78, 5) is 0. The van der Waals surface area contributed by atoms with Crippen LogP contribution in [0.15, 0.2) is 48.5 Å². The number of aryl methyl sites for hydroxylation is 1. The van der Waals surface area contributed by atoms with Gasteiger partial charge in [-0.2, -0.15) is 0 Å². The second kappa shape index (κ2) is 6.39. The standard InChI is InChI=1S/C17H20O2/c1-3-14-4-6-15(7-5-14)12-19-17-10-8-16(9-11-17)13(2)18/h4-11,13,18H,3,12H2,1-2H3/t13-/m0/s1. The van der Waals surface area contributed by atoms with Crippen LogP contribution in [0.25, 0.3) is 0 Å². The van der Waals surface area contributed by atoms with Crippen LogP contribution in [0.1, 0.15) is 36.6 Å². The first-order chi connectivity index (χ1) is 9.19. The molecule has 0 heterocycles. The van der Waals surface area contributed by atoms with Gasteiger partial charge in [0, 0.05) is 0 Å². The van der Waals surface area contributed by atoms with Crippen LogP contribution in [0, 0.1) is 0 Å². The molecule has 2 rings (SSSR count). The van der Waals surface area contributed by atoms with Crippen LogP contribution in [-0.2, 0) is 13.0 Å². The third-order valence-electron chi connectivity index (χ3n) is 3.20. The van der Waals surface area contributed by atoms with Gasteiger partial charge < -0.3 is 9.84 Å². The predicted molar refractivity (Wildman–Crippen MR) is 77.2 cm³/mol. The molecule has 0 fully saturated rings. The summed E-state index contributed by atoms with van der Waals surface area (Å²) < 4.78 is 5.72. The Morgan fingerprint density at radius 2 is 1.53 bits per heavy atom. The Labute approximate surface area is 114 Å². The summed E-state index contributed by atoms with van der Waals surface area (Å²) in [6.45, 7) is 4.47. The lowest BCUT2D eigenvalue weighted by Gasteiger charge is -2.09. The van der Waals surface area contributed by atoms with Crippen molar-refractivity contribution < 1.29 is 9.84 Å². The lowest BCUT2D eigenvalue weighted by atomic mass is 10.1. The van der Waals surface area contributed by atoms with Crippen molar-refractivity contribution in [3.63, 3.8) is 0 Å². The first kappa shape index (κ1) is 13.6. The highest BCUT2D eigenvalue weighted by Gasteiger charge is 2.01. The molecule has 0 amide bonds. The molecule has 0 aliphatic heterocycles. The number of ether oxygens (including phenoxy) is 1. The van der Waals surface area contributed by atoms with E-state index < -0.39 is 6.10 Å². The van der Waals surface area contributed by atoms with Gasteiger partial charge in [-0.25, -0.2) is 0 Å². The minimum atomic E-state index is -0.435. The predicted octanol–water partition coefficient (Wildman–Crippen LogP) is 3.88. The normalized spacial score (nSPS) is 12.2. The number of aliphatic hydroxyl groups excluding tert-OH is 1. The van der Waals surface area contributed by atoms with Crippen molar-refractivity contribution in [1.29, 1.82) is 0 Å². The largest absolute Gasteiger partial charge is 0.489 e. The van der Waals surface area contributed by atoms with Crippen molar-refractivity contribution in [2.24, 2.45) is 0 Å². The lowest BCUT2D eigenvalue weighted by molar-refractivity contribution is 0.199. The van der Waals surface area contributed by atoms with E-state index in [1.165, 1.54) is 5.56 Å². The van der Waals surface area contributed by atoms with E-state index in [9.17, 15) is 5.11 Å². The molecule has 0 saturated carbocycles. The minimum Gasteiger partial charge on any atom is -0.489 e. The van der Waals surface area contributed by atoms with E-state index in [0.717, 1.165) is 23.3 Å². The SMILES string of the molecule is CCc1ccc(COc2ccc([C@H](C)O)cc2)cc1. The fraction of sp³-hybridized carbons (Fsp3) is 0.294. The molecule has 0 spiro atoms.